The summed E-state index contributed by atoms with van der Waals surface area (Å²) in [6.45, 7) is -0.115. The van der Waals surface area contributed by atoms with Crippen LogP contribution in [0, 0.1) is 5.92 Å². The van der Waals surface area contributed by atoms with Crippen LogP contribution in [0.5, 0.6) is 0 Å². The molecule has 84 valence electrons. The zero-order valence-corrected chi connectivity index (χ0v) is 8.82. The fraction of sp³-hybridized carbons (Fsp3) is 0.818. The molecular formula is C11H17NO3. The molecule has 0 unspecified atom stereocenters. The van der Waals surface area contributed by atoms with Crippen molar-refractivity contribution in [3.63, 3.8) is 0 Å². The van der Waals surface area contributed by atoms with Gasteiger partial charge in [0.15, 0.2) is 0 Å². The summed E-state index contributed by atoms with van der Waals surface area (Å²) in [6, 6.07) is 0.201. The number of amides is 1. The van der Waals surface area contributed by atoms with Crippen LogP contribution in [0.2, 0.25) is 0 Å². The van der Waals surface area contributed by atoms with Crippen LogP contribution in [0.3, 0.4) is 0 Å². The summed E-state index contributed by atoms with van der Waals surface area (Å²) in [5, 5.41) is 8.76. The minimum Gasteiger partial charge on any atom is -0.480 e. The van der Waals surface area contributed by atoms with E-state index in [4.69, 9.17) is 5.11 Å². The highest BCUT2D eigenvalue weighted by atomic mass is 16.4. The van der Waals surface area contributed by atoms with Gasteiger partial charge in [0.2, 0.25) is 5.91 Å². The minimum atomic E-state index is -0.897. The lowest BCUT2D eigenvalue weighted by molar-refractivity contribution is -0.147. The van der Waals surface area contributed by atoms with Crippen LogP contribution >= 0.6 is 0 Å². The van der Waals surface area contributed by atoms with E-state index in [9.17, 15) is 9.59 Å². The van der Waals surface area contributed by atoms with Gasteiger partial charge >= 0.3 is 5.97 Å². The third kappa shape index (κ3) is 2.70. The Morgan fingerprint density at radius 2 is 1.87 bits per heavy atom. The molecule has 0 aromatic heterocycles. The average molecular weight is 211 g/mol. The highest BCUT2D eigenvalue weighted by Gasteiger charge is 2.33. The number of hydrogen-bond acceptors (Lipinski definition) is 2. The highest BCUT2D eigenvalue weighted by molar-refractivity contribution is 5.82. The van der Waals surface area contributed by atoms with Gasteiger partial charge in [0, 0.05) is 12.5 Å². The normalized spacial score (nSPS) is 20.8. The summed E-state index contributed by atoms with van der Waals surface area (Å²) in [7, 11) is 0. The summed E-state index contributed by atoms with van der Waals surface area (Å²) in [6.07, 6.45) is 5.91. The Bertz CT molecular complexity index is 269. The lowest BCUT2D eigenvalue weighted by Gasteiger charge is -2.36. The molecule has 2 saturated carbocycles. The maximum absolute atomic E-state index is 11.8. The highest BCUT2D eigenvalue weighted by Crippen LogP contribution is 2.34. The molecule has 0 saturated heterocycles. The number of rotatable bonds is 5. The van der Waals surface area contributed by atoms with Crippen LogP contribution in [-0.2, 0) is 9.59 Å². The van der Waals surface area contributed by atoms with E-state index in [0.29, 0.717) is 12.3 Å². The molecule has 0 bridgehead atoms. The first-order chi connectivity index (χ1) is 7.16. The molecule has 2 fully saturated rings. The van der Waals surface area contributed by atoms with Crippen LogP contribution in [0.25, 0.3) is 0 Å². The third-order valence-electron chi connectivity index (χ3n) is 3.30. The minimum absolute atomic E-state index is 0.0459. The van der Waals surface area contributed by atoms with Gasteiger partial charge < -0.3 is 10.0 Å². The fourth-order valence-electron chi connectivity index (χ4n) is 1.95. The van der Waals surface area contributed by atoms with Gasteiger partial charge in [-0.15, -0.1) is 0 Å². The standard InChI is InChI=1S/C11H17NO3/c13-10(6-8-4-5-8)12(7-11(14)15)9-2-1-3-9/h8-9H,1-7H2,(H,14,15). The SMILES string of the molecule is O=C(O)CN(C(=O)CC1CC1)C1CCC1. The average Bonchev–Trinajstić information content (AvgIpc) is 2.82. The molecule has 4 heteroatoms. The van der Waals surface area contributed by atoms with Crippen LogP contribution in [0.4, 0.5) is 0 Å². The van der Waals surface area contributed by atoms with Crippen LogP contribution in [-0.4, -0.2) is 34.5 Å². The van der Waals surface area contributed by atoms with E-state index in [0.717, 1.165) is 32.1 Å². The van der Waals surface area contributed by atoms with Crippen molar-refractivity contribution in [1.29, 1.82) is 0 Å². The quantitative estimate of drug-likeness (QED) is 0.744. The van der Waals surface area contributed by atoms with E-state index in [1.807, 2.05) is 0 Å². The zero-order valence-electron chi connectivity index (χ0n) is 8.82. The molecule has 2 rings (SSSR count). The Hall–Kier alpha value is -1.06. The molecule has 0 spiro atoms. The molecule has 2 aliphatic carbocycles. The Morgan fingerprint density at radius 3 is 2.27 bits per heavy atom. The Labute approximate surface area is 89.3 Å². The molecule has 0 aliphatic heterocycles. The topological polar surface area (TPSA) is 57.6 Å². The predicted octanol–water partition coefficient (Wildman–Crippen LogP) is 1.25. The second kappa shape index (κ2) is 4.21. The molecule has 15 heavy (non-hydrogen) atoms. The first-order valence-electron chi connectivity index (χ1n) is 5.68. The summed E-state index contributed by atoms with van der Waals surface area (Å²) in [5.41, 5.74) is 0. The van der Waals surface area contributed by atoms with Crippen molar-refractivity contribution in [2.24, 2.45) is 5.92 Å². The molecule has 1 N–H and O–H groups in total. The van der Waals surface area contributed by atoms with Crippen LogP contribution in [0.15, 0.2) is 0 Å². The van der Waals surface area contributed by atoms with E-state index < -0.39 is 5.97 Å². The molecule has 0 atom stereocenters. The van der Waals surface area contributed by atoms with E-state index in [-0.39, 0.29) is 18.5 Å². The molecule has 0 aromatic carbocycles. The first kappa shape index (κ1) is 10.5. The lowest BCUT2D eigenvalue weighted by Crippen LogP contribution is -2.46. The summed E-state index contributed by atoms with van der Waals surface area (Å²) in [5.74, 6) is -0.315. The Balaban J connectivity index is 1.89. The molecule has 1 amide bonds. The van der Waals surface area contributed by atoms with Crippen molar-refractivity contribution < 1.29 is 14.7 Å². The van der Waals surface area contributed by atoms with Gasteiger partial charge in [0.05, 0.1) is 0 Å². The van der Waals surface area contributed by atoms with Crippen LogP contribution in [0.1, 0.15) is 38.5 Å². The summed E-state index contributed by atoms with van der Waals surface area (Å²) < 4.78 is 0. The first-order valence-corrected chi connectivity index (χ1v) is 5.68. The summed E-state index contributed by atoms with van der Waals surface area (Å²) >= 11 is 0. The largest absolute Gasteiger partial charge is 0.480 e. The molecule has 0 heterocycles. The molecule has 2 aliphatic rings. The molecule has 0 aromatic rings. The molecule has 0 radical (unpaired) electrons. The van der Waals surface area contributed by atoms with Crippen molar-refractivity contribution >= 4 is 11.9 Å². The third-order valence-corrected chi connectivity index (χ3v) is 3.30. The number of aliphatic carboxylic acids is 1. The Morgan fingerprint density at radius 1 is 1.20 bits per heavy atom. The van der Waals surface area contributed by atoms with Gasteiger partial charge in [0.1, 0.15) is 6.54 Å². The fourth-order valence-corrected chi connectivity index (χ4v) is 1.95. The second-order valence-electron chi connectivity index (χ2n) is 4.65. The van der Waals surface area contributed by atoms with E-state index in [1.54, 1.807) is 4.90 Å². The second-order valence-corrected chi connectivity index (χ2v) is 4.65. The smallest absolute Gasteiger partial charge is 0.323 e. The van der Waals surface area contributed by atoms with E-state index in [1.165, 1.54) is 0 Å². The Kier molecular flexibility index (Phi) is 2.93. The number of hydrogen-bond donors (Lipinski definition) is 1. The van der Waals surface area contributed by atoms with Gasteiger partial charge in [-0.1, -0.05) is 0 Å². The van der Waals surface area contributed by atoms with Gasteiger partial charge in [-0.25, -0.2) is 0 Å². The van der Waals surface area contributed by atoms with Crippen molar-refractivity contribution in [3.8, 4) is 0 Å². The number of carbonyl (C=O) groups excluding carboxylic acids is 1. The van der Waals surface area contributed by atoms with Crippen molar-refractivity contribution in [2.45, 2.75) is 44.6 Å². The van der Waals surface area contributed by atoms with Crippen molar-refractivity contribution in [2.75, 3.05) is 6.54 Å². The number of carboxylic acids is 1. The molecule has 4 nitrogen and oxygen atoms in total. The van der Waals surface area contributed by atoms with E-state index in [2.05, 4.69) is 0 Å². The maximum atomic E-state index is 11.8. The number of nitrogens with zero attached hydrogens (tertiary/aromatic N) is 1. The molecular weight excluding hydrogens is 194 g/mol. The van der Waals surface area contributed by atoms with E-state index >= 15 is 0 Å². The monoisotopic (exact) mass is 211 g/mol. The lowest BCUT2D eigenvalue weighted by atomic mass is 9.91. The van der Waals surface area contributed by atoms with Gasteiger partial charge in [-0.3, -0.25) is 9.59 Å². The van der Waals surface area contributed by atoms with Gasteiger partial charge in [-0.2, -0.15) is 0 Å². The van der Waals surface area contributed by atoms with Gasteiger partial charge in [0.25, 0.3) is 0 Å². The van der Waals surface area contributed by atoms with Crippen molar-refractivity contribution in [3.05, 3.63) is 0 Å². The zero-order chi connectivity index (χ0) is 10.8. The summed E-state index contributed by atoms with van der Waals surface area (Å²) in [4.78, 5) is 24.1. The maximum Gasteiger partial charge on any atom is 0.323 e. The van der Waals surface area contributed by atoms with Crippen LogP contribution < -0.4 is 0 Å². The number of carboxylic acid groups (broad SMARTS) is 1. The number of carbonyl (C=O) groups is 2. The van der Waals surface area contributed by atoms with Gasteiger partial charge in [-0.05, 0) is 38.0 Å². The predicted molar refractivity (Wildman–Crippen MR) is 54.3 cm³/mol. The van der Waals surface area contributed by atoms with Crippen molar-refractivity contribution in [1.82, 2.24) is 4.90 Å².